The molecule has 0 aromatic heterocycles. The molecule has 2 aliphatic heterocycles. The lowest BCUT2D eigenvalue weighted by Gasteiger charge is -2.34. The minimum absolute atomic E-state index is 0.561. The molecule has 2 rings (SSSR count). The highest BCUT2D eigenvalue weighted by atomic mass is 28.3. The Morgan fingerprint density at radius 2 is 1.45 bits per heavy atom. The average molecular weight is 168 g/mol. The molecule has 0 aliphatic carbocycles. The van der Waals surface area contributed by atoms with E-state index in [2.05, 4.69) is 6.92 Å². The molecule has 0 nitrogen and oxygen atoms in total. The van der Waals surface area contributed by atoms with Crippen LogP contribution in [0.15, 0.2) is 0 Å². The second kappa shape index (κ2) is 2.93. The molecule has 1 heteroatoms. The van der Waals surface area contributed by atoms with Gasteiger partial charge in [-0.2, -0.15) is 0 Å². The summed E-state index contributed by atoms with van der Waals surface area (Å²) in [7, 11) is -0.561. The van der Waals surface area contributed by atoms with E-state index in [0.29, 0.717) is 0 Å². The van der Waals surface area contributed by atoms with Crippen LogP contribution in [-0.2, 0) is 0 Å². The molecule has 2 aliphatic rings. The van der Waals surface area contributed by atoms with Gasteiger partial charge in [-0.1, -0.05) is 56.8 Å². The van der Waals surface area contributed by atoms with Crippen LogP contribution < -0.4 is 0 Å². The minimum Gasteiger partial charge on any atom is -0.0625 e. The largest absolute Gasteiger partial charge is 0.0625 e. The molecule has 2 saturated heterocycles. The third kappa shape index (κ3) is 1.53. The van der Waals surface area contributed by atoms with E-state index in [4.69, 9.17) is 0 Å². The SMILES string of the molecule is CC1CC[Si]2(CCCC2)CC1. The fraction of sp³-hybridized carbons (Fsp3) is 1.00. The molecule has 11 heavy (non-hydrogen) atoms. The molecule has 0 amide bonds. The van der Waals surface area contributed by atoms with E-state index in [9.17, 15) is 0 Å². The van der Waals surface area contributed by atoms with Crippen LogP contribution in [0.1, 0.15) is 32.6 Å². The van der Waals surface area contributed by atoms with E-state index in [-0.39, 0.29) is 0 Å². The molecule has 1 spiro atoms. The van der Waals surface area contributed by atoms with Crippen molar-refractivity contribution in [3.05, 3.63) is 0 Å². The maximum atomic E-state index is 2.44. The van der Waals surface area contributed by atoms with Crippen molar-refractivity contribution in [2.45, 2.75) is 56.8 Å². The molecule has 0 aromatic carbocycles. The van der Waals surface area contributed by atoms with Gasteiger partial charge in [0.1, 0.15) is 0 Å². The molecule has 0 saturated carbocycles. The molecule has 0 unspecified atom stereocenters. The molecular weight excluding hydrogens is 148 g/mol. The Kier molecular flexibility index (Phi) is 2.09. The molecule has 64 valence electrons. The first-order valence-corrected chi connectivity index (χ1v) is 8.14. The van der Waals surface area contributed by atoms with Gasteiger partial charge in [0.15, 0.2) is 0 Å². The summed E-state index contributed by atoms with van der Waals surface area (Å²) < 4.78 is 0. The summed E-state index contributed by atoms with van der Waals surface area (Å²) in [4.78, 5) is 0. The summed E-state index contributed by atoms with van der Waals surface area (Å²) in [6.45, 7) is 2.44. The van der Waals surface area contributed by atoms with E-state index in [1.165, 1.54) is 0 Å². The summed E-state index contributed by atoms with van der Waals surface area (Å²) in [6, 6.07) is 6.77. The molecule has 0 atom stereocenters. The molecule has 0 aromatic rings. The van der Waals surface area contributed by atoms with Gasteiger partial charge in [0.05, 0.1) is 8.07 Å². The zero-order valence-electron chi connectivity index (χ0n) is 7.73. The van der Waals surface area contributed by atoms with Gasteiger partial charge in [-0.3, -0.25) is 0 Å². The average Bonchev–Trinajstić information content (AvgIpc) is 2.45. The van der Waals surface area contributed by atoms with Crippen LogP contribution >= 0.6 is 0 Å². The van der Waals surface area contributed by atoms with Crippen molar-refractivity contribution in [3.8, 4) is 0 Å². The van der Waals surface area contributed by atoms with Crippen LogP contribution in [0.5, 0.6) is 0 Å². The number of hydrogen-bond donors (Lipinski definition) is 0. The van der Waals surface area contributed by atoms with Crippen molar-refractivity contribution in [3.63, 3.8) is 0 Å². The molecule has 2 fully saturated rings. The summed E-state index contributed by atoms with van der Waals surface area (Å²) in [5.41, 5.74) is 0. The van der Waals surface area contributed by atoms with Crippen LogP contribution in [0.25, 0.3) is 0 Å². The standard InChI is InChI=1S/C10H20Si/c1-10-4-8-11(9-5-10)6-2-3-7-11/h10H,2-9H2,1H3. The zero-order valence-corrected chi connectivity index (χ0v) is 8.73. The minimum atomic E-state index is -0.561. The van der Waals surface area contributed by atoms with Gasteiger partial charge in [-0.15, -0.1) is 0 Å². The lowest BCUT2D eigenvalue weighted by Crippen LogP contribution is -2.34. The van der Waals surface area contributed by atoms with Crippen molar-refractivity contribution in [2.24, 2.45) is 5.92 Å². The van der Waals surface area contributed by atoms with Crippen LogP contribution in [0.2, 0.25) is 24.2 Å². The molecule has 0 N–H and O–H groups in total. The summed E-state index contributed by atoms with van der Waals surface area (Å²) in [5, 5.41) is 0. The first-order valence-electron chi connectivity index (χ1n) is 5.31. The number of rotatable bonds is 0. The smallest absolute Gasteiger partial charge is 0.0536 e. The van der Waals surface area contributed by atoms with Gasteiger partial charge >= 0.3 is 0 Å². The highest BCUT2D eigenvalue weighted by Gasteiger charge is 2.38. The molecule has 0 bridgehead atoms. The van der Waals surface area contributed by atoms with Gasteiger partial charge in [0.2, 0.25) is 0 Å². The van der Waals surface area contributed by atoms with Gasteiger partial charge in [-0.25, -0.2) is 0 Å². The lowest BCUT2D eigenvalue weighted by atomic mass is 10.1. The fourth-order valence-corrected chi connectivity index (χ4v) is 8.71. The Labute approximate surface area is 71.4 Å². The quantitative estimate of drug-likeness (QED) is 0.484. The van der Waals surface area contributed by atoms with Crippen LogP contribution in [0.3, 0.4) is 0 Å². The first kappa shape index (κ1) is 7.84. The van der Waals surface area contributed by atoms with Crippen molar-refractivity contribution in [1.29, 1.82) is 0 Å². The summed E-state index contributed by atoms with van der Waals surface area (Å²) in [6.07, 6.45) is 6.32. The van der Waals surface area contributed by atoms with Crippen LogP contribution in [0, 0.1) is 5.92 Å². The molecule has 2 heterocycles. The molecular formula is C10H20Si. The number of hydrogen-bond acceptors (Lipinski definition) is 0. The van der Waals surface area contributed by atoms with E-state index in [0.717, 1.165) is 5.92 Å². The maximum absolute atomic E-state index is 2.44. The maximum Gasteiger partial charge on any atom is 0.0536 e. The highest BCUT2D eigenvalue weighted by Crippen LogP contribution is 2.43. The Hall–Kier alpha value is 0.217. The van der Waals surface area contributed by atoms with Gasteiger partial charge in [0, 0.05) is 0 Å². The van der Waals surface area contributed by atoms with Crippen LogP contribution in [0.4, 0.5) is 0 Å². The summed E-state index contributed by atoms with van der Waals surface area (Å²) >= 11 is 0. The van der Waals surface area contributed by atoms with Gasteiger partial charge in [0.25, 0.3) is 0 Å². The third-order valence-electron chi connectivity index (χ3n) is 4.00. The van der Waals surface area contributed by atoms with Gasteiger partial charge in [-0.05, 0) is 5.92 Å². The van der Waals surface area contributed by atoms with E-state index in [1.807, 2.05) is 0 Å². The third-order valence-corrected chi connectivity index (χ3v) is 9.53. The predicted molar refractivity (Wildman–Crippen MR) is 52.6 cm³/mol. The van der Waals surface area contributed by atoms with Crippen molar-refractivity contribution < 1.29 is 0 Å². The Bertz CT molecular complexity index is 126. The fourth-order valence-electron chi connectivity index (χ4n) is 3.00. The van der Waals surface area contributed by atoms with Crippen molar-refractivity contribution >= 4 is 8.07 Å². The Balaban J connectivity index is 1.94. The Morgan fingerprint density at radius 3 is 2.00 bits per heavy atom. The van der Waals surface area contributed by atoms with Crippen molar-refractivity contribution in [1.82, 2.24) is 0 Å². The van der Waals surface area contributed by atoms with E-state index < -0.39 is 8.07 Å². The monoisotopic (exact) mass is 168 g/mol. The lowest BCUT2D eigenvalue weighted by molar-refractivity contribution is 0.510. The molecule has 0 radical (unpaired) electrons. The second-order valence-corrected chi connectivity index (χ2v) is 9.89. The van der Waals surface area contributed by atoms with Gasteiger partial charge < -0.3 is 0 Å². The van der Waals surface area contributed by atoms with E-state index in [1.54, 1.807) is 49.9 Å². The highest BCUT2D eigenvalue weighted by molar-refractivity contribution is 6.80. The summed E-state index contributed by atoms with van der Waals surface area (Å²) in [5.74, 6) is 1.06. The second-order valence-electron chi connectivity index (χ2n) is 4.89. The Morgan fingerprint density at radius 1 is 0.909 bits per heavy atom. The van der Waals surface area contributed by atoms with E-state index >= 15 is 0 Å². The zero-order chi connectivity index (χ0) is 7.73. The topological polar surface area (TPSA) is 0 Å². The van der Waals surface area contributed by atoms with Crippen molar-refractivity contribution in [2.75, 3.05) is 0 Å². The normalized spacial score (nSPS) is 31.4. The van der Waals surface area contributed by atoms with Crippen LogP contribution in [-0.4, -0.2) is 8.07 Å². The first-order chi connectivity index (χ1) is 5.31. The predicted octanol–water partition coefficient (Wildman–Crippen LogP) is 3.66.